The fraction of sp³-hybridized carbons (Fsp3) is 0.500. The number of hydrogen-bond acceptors (Lipinski definition) is 6. The lowest BCUT2D eigenvalue weighted by Gasteiger charge is -2.39. The lowest BCUT2D eigenvalue weighted by atomic mass is 10.2. The zero-order valence-corrected chi connectivity index (χ0v) is 15.2. The van der Waals surface area contributed by atoms with Crippen LogP contribution in [-0.4, -0.2) is 65.4 Å². The summed E-state index contributed by atoms with van der Waals surface area (Å²) in [4.78, 5) is 13.9. The monoisotopic (exact) mass is 365 g/mol. The van der Waals surface area contributed by atoms with E-state index >= 15 is 0 Å². The van der Waals surface area contributed by atoms with Gasteiger partial charge in [0.05, 0.1) is 18.8 Å². The number of aromatic nitrogens is 3. The van der Waals surface area contributed by atoms with Crippen molar-refractivity contribution in [1.29, 1.82) is 0 Å². The maximum absolute atomic E-state index is 13.0. The Morgan fingerprint density at radius 3 is 2.72 bits per heavy atom. The van der Waals surface area contributed by atoms with Gasteiger partial charge in [-0.15, -0.1) is 0 Å². The van der Waals surface area contributed by atoms with E-state index in [1.807, 2.05) is 6.92 Å². The molecule has 0 bridgehead atoms. The van der Waals surface area contributed by atoms with Crippen molar-refractivity contribution in [2.75, 3.05) is 32.8 Å². The fourth-order valence-corrected chi connectivity index (χ4v) is 4.40. The van der Waals surface area contributed by atoms with Gasteiger partial charge in [0.2, 0.25) is 15.9 Å². The molecule has 3 rings (SSSR count). The van der Waals surface area contributed by atoms with Gasteiger partial charge in [0.1, 0.15) is 10.7 Å². The first kappa shape index (κ1) is 17.8. The molecule has 2 aromatic rings. The highest BCUT2D eigenvalue weighted by atomic mass is 32.2. The van der Waals surface area contributed by atoms with Gasteiger partial charge in [0, 0.05) is 38.1 Å². The number of rotatable bonds is 6. The zero-order valence-electron chi connectivity index (χ0n) is 14.4. The Morgan fingerprint density at radius 1 is 1.28 bits per heavy atom. The van der Waals surface area contributed by atoms with E-state index in [0.717, 1.165) is 12.4 Å². The molecule has 9 heteroatoms. The molecule has 25 heavy (non-hydrogen) atoms. The molecule has 1 aliphatic rings. The highest BCUT2D eigenvalue weighted by molar-refractivity contribution is 7.89. The summed E-state index contributed by atoms with van der Waals surface area (Å²) in [5, 5.41) is 0. The van der Waals surface area contributed by atoms with Gasteiger partial charge in [0.25, 0.3) is 0 Å². The molecule has 1 N–H and O–H groups in total. The molecule has 0 radical (unpaired) electrons. The van der Waals surface area contributed by atoms with E-state index in [0.29, 0.717) is 32.1 Å². The van der Waals surface area contributed by atoms with Gasteiger partial charge >= 0.3 is 0 Å². The quantitative estimate of drug-likeness (QED) is 0.829. The van der Waals surface area contributed by atoms with Crippen LogP contribution in [0.1, 0.15) is 25.7 Å². The van der Waals surface area contributed by atoms with Gasteiger partial charge in [-0.25, -0.2) is 18.4 Å². The Balaban J connectivity index is 1.82. The second kappa shape index (κ2) is 7.51. The number of hydrogen-bond donors (Lipinski definition) is 1. The highest BCUT2D eigenvalue weighted by Gasteiger charge is 2.35. The van der Waals surface area contributed by atoms with Crippen LogP contribution in [0.3, 0.4) is 0 Å². The Labute approximate surface area is 147 Å². The van der Waals surface area contributed by atoms with Crippen molar-refractivity contribution < 1.29 is 13.2 Å². The van der Waals surface area contributed by atoms with E-state index < -0.39 is 10.0 Å². The molecular formula is C16H23N5O3S. The number of piperazine rings is 1. The second-order valence-electron chi connectivity index (χ2n) is 5.75. The maximum atomic E-state index is 13.0. The lowest BCUT2D eigenvalue weighted by molar-refractivity contribution is 0.119. The molecule has 1 unspecified atom stereocenters. The molecule has 136 valence electrons. The van der Waals surface area contributed by atoms with Gasteiger partial charge in [-0.05, 0) is 19.5 Å². The van der Waals surface area contributed by atoms with Crippen molar-refractivity contribution in [3.8, 4) is 5.88 Å². The first-order valence-corrected chi connectivity index (χ1v) is 9.82. The average Bonchev–Trinajstić information content (AvgIpc) is 3.16. The van der Waals surface area contributed by atoms with Gasteiger partial charge in [-0.1, -0.05) is 6.92 Å². The molecular weight excluding hydrogens is 342 g/mol. The Morgan fingerprint density at radius 2 is 2.12 bits per heavy atom. The number of sulfonamides is 1. The molecule has 1 saturated heterocycles. The molecule has 1 aliphatic heterocycles. The Kier molecular flexibility index (Phi) is 5.36. The van der Waals surface area contributed by atoms with Crippen LogP contribution >= 0.6 is 0 Å². The smallest absolute Gasteiger partial charge is 0.244 e. The van der Waals surface area contributed by atoms with Crippen LogP contribution in [0.25, 0.3) is 0 Å². The lowest BCUT2D eigenvalue weighted by Crippen LogP contribution is -2.50. The summed E-state index contributed by atoms with van der Waals surface area (Å²) in [5.74, 6) is 1.21. The van der Waals surface area contributed by atoms with Crippen molar-refractivity contribution in [2.24, 2.45) is 0 Å². The van der Waals surface area contributed by atoms with E-state index in [1.165, 1.54) is 10.5 Å². The maximum Gasteiger partial charge on any atom is 0.244 e. The van der Waals surface area contributed by atoms with E-state index in [4.69, 9.17) is 4.74 Å². The number of imidazole rings is 1. The van der Waals surface area contributed by atoms with Crippen LogP contribution in [-0.2, 0) is 10.0 Å². The number of aromatic amines is 1. The minimum absolute atomic E-state index is 0.0841. The standard InChI is InChI=1S/C16H23N5O3S/c1-3-20-9-10-21(12-14(20)16-17-7-8-18-16)25(22,23)13-5-6-15(19-11-13)24-4-2/h5-8,11,14H,3-4,9-10,12H2,1-2H3,(H,17,18). The van der Waals surface area contributed by atoms with Crippen molar-refractivity contribution in [1.82, 2.24) is 24.2 Å². The van der Waals surface area contributed by atoms with Crippen LogP contribution in [0.4, 0.5) is 0 Å². The van der Waals surface area contributed by atoms with E-state index in [2.05, 4.69) is 26.8 Å². The molecule has 0 spiro atoms. The molecule has 8 nitrogen and oxygen atoms in total. The summed E-state index contributed by atoms with van der Waals surface area (Å²) in [7, 11) is -3.60. The second-order valence-corrected chi connectivity index (χ2v) is 7.68. The summed E-state index contributed by atoms with van der Waals surface area (Å²) in [6.07, 6.45) is 4.80. The topological polar surface area (TPSA) is 91.4 Å². The van der Waals surface area contributed by atoms with E-state index in [1.54, 1.807) is 24.5 Å². The number of pyridine rings is 1. The first-order chi connectivity index (χ1) is 12.1. The van der Waals surface area contributed by atoms with Crippen molar-refractivity contribution in [3.63, 3.8) is 0 Å². The zero-order chi connectivity index (χ0) is 17.9. The fourth-order valence-electron chi connectivity index (χ4n) is 3.01. The molecule has 0 aromatic carbocycles. The van der Waals surface area contributed by atoms with Crippen LogP contribution in [0.15, 0.2) is 35.6 Å². The SMILES string of the molecule is CCOc1ccc(S(=O)(=O)N2CCN(CC)C(c3ncc[nH]3)C2)cn1. The summed E-state index contributed by atoms with van der Waals surface area (Å²) in [5.41, 5.74) is 0. The van der Waals surface area contributed by atoms with E-state index in [-0.39, 0.29) is 10.9 Å². The van der Waals surface area contributed by atoms with E-state index in [9.17, 15) is 8.42 Å². The highest BCUT2D eigenvalue weighted by Crippen LogP contribution is 2.27. The van der Waals surface area contributed by atoms with Crippen molar-refractivity contribution in [2.45, 2.75) is 24.8 Å². The van der Waals surface area contributed by atoms with Gasteiger partial charge in [-0.2, -0.15) is 4.31 Å². The number of nitrogens with one attached hydrogen (secondary N) is 1. The Hall–Kier alpha value is -1.97. The molecule has 3 heterocycles. The van der Waals surface area contributed by atoms with Gasteiger partial charge in [0.15, 0.2) is 0 Å². The third-order valence-electron chi connectivity index (χ3n) is 4.33. The molecule has 2 aromatic heterocycles. The van der Waals surface area contributed by atoms with Crippen molar-refractivity contribution in [3.05, 3.63) is 36.5 Å². The molecule has 0 aliphatic carbocycles. The van der Waals surface area contributed by atoms with Gasteiger partial charge in [-0.3, -0.25) is 4.90 Å². The minimum atomic E-state index is -3.60. The van der Waals surface area contributed by atoms with Crippen LogP contribution in [0, 0.1) is 0 Å². The minimum Gasteiger partial charge on any atom is -0.478 e. The number of ether oxygens (including phenoxy) is 1. The van der Waals surface area contributed by atoms with Crippen LogP contribution < -0.4 is 4.74 Å². The average molecular weight is 365 g/mol. The molecule has 0 amide bonds. The predicted molar refractivity (Wildman–Crippen MR) is 92.7 cm³/mol. The first-order valence-electron chi connectivity index (χ1n) is 8.38. The van der Waals surface area contributed by atoms with Crippen LogP contribution in [0.2, 0.25) is 0 Å². The molecule has 1 atom stereocenters. The predicted octanol–water partition coefficient (Wildman–Crippen LogP) is 1.27. The van der Waals surface area contributed by atoms with Gasteiger partial charge < -0.3 is 9.72 Å². The summed E-state index contributed by atoms with van der Waals surface area (Å²) >= 11 is 0. The summed E-state index contributed by atoms with van der Waals surface area (Å²) in [6.45, 7) is 6.71. The molecule has 0 saturated carbocycles. The third-order valence-corrected chi connectivity index (χ3v) is 6.18. The molecule has 1 fully saturated rings. The van der Waals surface area contributed by atoms with Crippen LogP contribution in [0.5, 0.6) is 5.88 Å². The summed E-state index contributed by atoms with van der Waals surface area (Å²) < 4.78 is 32.7. The summed E-state index contributed by atoms with van der Waals surface area (Å²) in [6, 6.07) is 3.04. The third kappa shape index (κ3) is 3.68. The Bertz CT molecular complexity index is 777. The largest absolute Gasteiger partial charge is 0.478 e. The van der Waals surface area contributed by atoms with Crippen molar-refractivity contribution >= 4 is 10.0 Å². The normalized spacial score (nSPS) is 19.8. The number of nitrogens with zero attached hydrogens (tertiary/aromatic N) is 4. The number of H-pyrrole nitrogens is 1. The number of likely N-dealkylation sites (N-methyl/N-ethyl adjacent to an activating group) is 1.